The highest BCUT2D eigenvalue weighted by atomic mass is 35.5. The van der Waals surface area contributed by atoms with Gasteiger partial charge in [0.05, 0.1) is 34.8 Å². The molecule has 0 bridgehead atoms. The number of halogens is 2. The minimum atomic E-state index is -0.906. The van der Waals surface area contributed by atoms with Gasteiger partial charge in [-0.05, 0) is 31.2 Å². The lowest BCUT2D eigenvalue weighted by Gasteiger charge is -2.38. The second kappa shape index (κ2) is 7.23. The SMILES string of the molecule is O=CN1CC[C@H](F)C1C1CCN(c2cnccc2-n2cc(Cl)cn2)CC1. The van der Waals surface area contributed by atoms with E-state index >= 15 is 0 Å². The smallest absolute Gasteiger partial charge is 0.210 e. The summed E-state index contributed by atoms with van der Waals surface area (Å²) in [5.74, 6) is 0.202. The third-order valence-corrected chi connectivity index (χ3v) is 5.69. The Morgan fingerprint density at radius 1 is 1.15 bits per heavy atom. The van der Waals surface area contributed by atoms with Crippen LogP contribution in [0, 0.1) is 5.92 Å². The highest BCUT2D eigenvalue weighted by Gasteiger charge is 2.40. The molecule has 2 aliphatic rings. The van der Waals surface area contributed by atoms with Crippen LogP contribution in [0.15, 0.2) is 30.9 Å². The van der Waals surface area contributed by atoms with E-state index in [0.717, 1.165) is 43.7 Å². The standard InChI is InChI=1S/C18H21ClFN5O/c19-14-9-22-25(11-14)16-1-5-21-10-17(16)23-6-2-13(3-7-23)18-15(20)4-8-24(18)12-26/h1,5,9-13,15,18H,2-4,6-8H2/t15-,18?/m0/s1. The van der Waals surface area contributed by atoms with Crippen molar-refractivity contribution in [2.24, 2.45) is 5.92 Å². The second-order valence-corrected chi connectivity index (χ2v) is 7.37. The first-order valence-electron chi connectivity index (χ1n) is 8.92. The average molecular weight is 378 g/mol. The molecular formula is C18H21ClFN5O. The predicted molar refractivity (Wildman–Crippen MR) is 97.4 cm³/mol. The van der Waals surface area contributed by atoms with Gasteiger partial charge in [0.15, 0.2) is 0 Å². The molecule has 0 saturated carbocycles. The predicted octanol–water partition coefficient (Wildman–Crippen LogP) is 2.71. The van der Waals surface area contributed by atoms with Crippen LogP contribution in [0.3, 0.4) is 0 Å². The zero-order chi connectivity index (χ0) is 18.1. The number of carbonyl (C=O) groups is 1. The van der Waals surface area contributed by atoms with E-state index < -0.39 is 6.17 Å². The molecule has 0 aromatic carbocycles. The summed E-state index contributed by atoms with van der Waals surface area (Å²) >= 11 is 6.00. The van der Waals surface area contributed by atoms with Crippen molar-refractivity contribution < 1.29 is 9.18 Å². The van der Waals surface area contributed by atoms with Gasteiger partial charge < -0.3 is 9.80 Å². The molecule has 0 spiro atoms. The van der Waals surface area contributed by atoms with Crippen molar-refractivity contribution >= 4 is 23.7 Å². The average Bonchev–Trinajstić information content (AvgIpc) is 3.27. The number of hydrogen-bond acceptors (Lipinski definition) is 4. The monoisotopic (exact) mass is 377 g/mol. The van der Waals surface area contributed by atoms with E-state index in [1.165, 1.54) is 0 Å². The Hall–Kier alpha value is -2.15. The molecule has 2 aromatic rings. The minimum Gasteiger partial charge on any atom is -0.369 e. The molecule has 2 aromatic heterocycles. The number of nitrogens with zero attached hydrogens (tertiary/aromatic N) is 5. The number of alkyl halides is 1. The zero-order valence-corrected chi connectivity index (χ0v) is 15.1. The summed E-state index contributed by atoms with van der Waals surface area (Å²) in [7, 11) is 0. The molecule has 2 saturated heterocycles. The largest absolute Gasteiger partial charge is 0.369 e. The number of pyridine rings is 1. The van der Waals surface area contributed by atoms with E-state index in [4.69, 9.17) is 11.6 Å². The van der Waals surface area contributed by atoms with Gasteiger partial charge in [0.1, 0.15) is 6.17 Å². The Balaban J connectivity index is 1.50. The quantitative estimate of drug-likeness (QED) is 0.769. The third-order valence-electron chi connectivity index (χ3n) is 5.49. The Bertz CT molecular complexity index is 776. The van der Waals surface area contributed by atoms with Crippen LogP contribution in [0.5, 0.6) is 0 Å². The molecule has 0 N–H and O–H groups in total. The molecular weight excluding hydrogens is 357 g/mol. The maximum atomic E-state index is 14.3. The van der Waals surface area contributed by atoms with Crippen LogP contribution in [-0.4, -0.2) is 57.9 Å². The summed E-state index contributed by atoms with van der Waals surface area (Å²) in [6.07, 6.45) is 8.98. The number of hydrogen-bond donors (Lipinski definition) is 0. The molecule has 26 heavy (non-hydrogen) atoms. The lowest BCUT2D eigenvalue weighted by molar-refractivity contribution is -0.120. The molecule has 2 fully saturated rings. The maximum absolute atomic E-state index is 14.3. The fourth-order valence-electron chi connectivity index (χ4n) is 4.22. The highest BCUT2D eigenvalue weighted by molar-refractivity contribution is 6.30. The lowest BCUT2D eigenvalue weighted by Crippen LogP contribution is -2.45. The van der Waals surface area contributed by atoms with E-state index in [-0.39, 0.29) is 12.0 Å². The molecule has 2 atom stereocenters. The first-order chi connectivity index (χ1) is 12.7. The summed E-state index contributed by atoms with van der Waals surface area (Å²) in [5, 5.41) is 4.86. The van der Waals surface area contributed by atoms with Crippen LogP contribution in [0.4, 0.5) is 10.1 Å². The molecule has 4 rings (SSSR count). The number of amides is 1. The van der Waals surface area contributed by atoms with Crippen LogP contribution in [0.2, 0.25) is 5.02 Å². The summed E-state index contributed by atoms with van der Waals surface area (Å²) < 4.78 is 16.0. The Morgan fingerprint density at radius 3 is 2.65 bits per heavy atom. The van der Waals surface area contributed by atoms with Crippen LogP contribution in [-0.2, 0) is 4.79 Å². The van der Waals surface area contributed by atoms with Crippen LogP contribution in [0.1, 0.15) is 19.3 Å². The minimum absolute atomic E-state index is 0.202. The molecule has 0 radical (unpaired) electrons. The van der Waals surface area contributed by atoms with Gasteiger partial charge in [-0.2, -0.15) is 5.10 Å². The van der Waals surface area contributed by atoms with E-state index in [2.05, 4.69) is 15.0 Å². The molecule has 138 valence electrons. The molecule has 0 aliphatic carbocycles. The Morgan fingerprint density at radius 2 is 1.96 bits per heavy atom. The summed E-state index contributed by atoms with van der Waals surface area (Å²) in [5.41, 5.74) is 1.91. The van der Waals surface area contributed by atoms with Crippen molar-refractivity contribution in [3.63, 3.8) is 0 Å². The Labute approximate surface area is 156 Å². The van der Waals surface area contributed by atoms with Crippen molar-refractivity contribution in [3.05, 3.63) is 35.9 Å². The van der Waals surface area contributed by atoms with Crippen molar-refractivity contribution in [1.82, 2.24) is 19.7 Å². The number of rotatable bonds is 4. The van der Waals surface area contributed by atoms with Gasteiger partial charge in [-0.15, -0.1) is 0 Å². The van der Waals surface area contributed by atoms with Gasteiger partial charge in [0, 0.05) is 32.0 Å². The molecule has 8 heteroatoms. The topological polar surface area (TPSA) is 54.3 Å². The van der Waals surface area contributed by atoms with Gasteiger partial charge in [-0.1, -0.05) is 11.6 Å². The van der Waals surface area contributed by atoms with Crippen molar-refractivity contribution in [2.45, 2.75) is 31.5 Å². The fraction of sp³-hybridized carbons (Fsp3) is 0.500. The van der Waals surface area contributed by atoms with Gasteiger partial charge in [-0.3, -0.25) is 9.78 Å². The summed E-state index contributed by atoms with van der Waals surface area (Å²) in [6.45, 7) is 2.13. The number of aromatic nitrogens is 3. The van der Waals surface area contributed by atoms with Crippen molar-refractivity contribution in [2.75, 3.05) is 24.5 Å². The Kier molecular flexibility index (Phi) is 4.80. The maximum Gasteiger partial charge on any atom is 0.210 e. The highest BCUT2D eigenvalue weighted by Crippen LogP contribution is 2.34. The van der Waals surface area contributed by atoms with E-state index in [1.807, 2.05) is 12.3 Å². The van der Waals surface area contributed by atoms with Crippen molar-refractivity contribution in [3.8, 4) is 5.69 Å². The first-order valence-corrected chi connectivity index (χ1v) is 9.30. The van der Waals surface area contributed by atoms with E-state index in [9.17, 15) is 9.18 Å². The first kappa shape index (κ1) is 17.3. The molecule has 2 aliphatic heterocycles. The lowest BCUT2D eigenvalue weighted by atomic mass is 9.87. The molecule has 1 unspecified atom stereocenters. The normalized spacial score (nSPS) is 24.2. The number of carbonyl (C=O) groups excluding carboxylic acids is 1. The third kappa shape index (κ3) is 3.16. The second-order valence-electron chi connectivity index (χ2n) is 6.93. The van der Waals surface area contributed by atoms with Gasteiger partial charge in [0.2, 0.25) is 6.41 Å². The number of anilines is 1. The van der Waals surface area contributed by atoms with E-state index in [1.54, 1.807) is 28.2 Å². The van der Waals surface area contributed by atoms with Gasteiger partial charge in [0.25, 0.3) is 0 Å². The molecule has 6 nitrogen and oxygen atoms in total. The molecule has 4 heterocycles. The number of piperidine rings is 1. The van der Waals surface area contributed by atoms with Crippen molar-refractivity contribution in [1.29, 1.82) is 0 Å². The summed E-state index contributed by atoms with van der Waals surface area (Å²) in [4.78, 5) is 19.4. The van der Waals surface area contributed by atoms with Gasteiger partial charge >= 0.3 is 0 Å². The van der Waals surface area contributed by atoms with E-state index in [0.29, 0.717) is 18.0 Å². The van der Waals surface area contributed by atoms with Crippen LogP contribution in [0.25, 0.3) is 5.69 Å². The fourth-order valence-corrected chi connectivity index (χ4v) is 4.36. The zero-order valence-electron chi connectivity index (χ0n) is 14.3. The van der Waals surface area contributed by atoms with Gasteiger partial charge in [-0.25, -0.2) is 9.07 Å². The molecule has 1 amide bonds. The number of likely N-dealkylation sites (tertiary alicyclic amines) is 1. The van der Waals surface area contributed by atoms with Crippen LogP contribution >= 0.6 is 11.6 Å². The van der Waals surface area contributed by atoms with Crippen LogP contribution < -0.4 is 4.90 Å². The summed E-state index contributed by atoms with van der Waals surface area (Å²) in [6, 6.07) is 1.64.